The predicted octanol–water partition coefficient (Wildman–Crippen LogP) is -0.139. The van der Waals surface area contributed by atoms with Gasteiger partial charge in [-0.2, -0.15) is 4.98 Å². The van der Waals surface area contributed by atoms with Crippen LogP contribution in [-0.4, -0.2) is 42.8 Å². The van der Waals surface area contributed by atoms with Gasteiger partial charge in [0.05, 0.1) is 5.69 Å². The number of nitrogens with zero attached hydrogens (tertiary/aromatic N) is 5. The van der Waals surface area contributed by atoms with Crippen LogP contribution in [0.3, 0.4) is 0 Å². The summed E-state index contributed by atoms with van der Waals surface area (Å²) >= 11 is 0. The maximum Gasteiger partial charge on any atom is 0.358 e. The fourth-order valence-corrected chi connectivity index (χ4v) is 1.81. The number of aromatic nitrogens is 5. The molecule has 2 aromatic rings. The molecule has 108 valence electrons. The zero-order valence-electron chi connectivity index (χ0n) is 11.1. The first-order valence-electron chi connectivity index (χ1n) is 6.32. The van der Waals surface area contributed by atoms with E-state index in [4.69, 9.17) is 15.4 Å². The van der Waals surface area contributed by atoms with Gasteiger partial charge in [-0.1, -0.05) is 17.3 Å². The highest BCUT2D eigenvalue weighted by atomic mass is 16.5. The molecule has 0 bridgehead atoms. The summed E-state index contributed by atoms with van der Waals surface area (Å²) in [7, 11) is 0. The molecule has 9 nitrogen and oxygen atoms in total. The highest BCUT2D eigenvalue weighted by molar-refractivity contribution is 5.86. The zero-order chi connectivity index (χ0) is 14.5. The second-order valence-corrected chi connectivity index (χ2v) is 4.24. The Morgan fingerprint density at radius 1 is 1.45 bits per heavy atom. The number of carboxylic acids is 1. The van der Waals surface area contributed by atoms with Crippen LogP contribution in [0.2, 0.25) is 0 Å². The SMILES string of the molecule is CCCc1nc(Cn2nnc(C(=O)O)c2CCN)no1. The largest absolute Gasteiger partial charge is 0.476 e. The number of rotatable bonds is 7. The molecule has 2 rings (SSSR count). The molecular formula is C11H16N6O3. The van der Waals surface area contributed by atoms with Crippen LogP contribution < -0.4 is 5.73 Å². The Bertz CT molecular complexity index is 591. The molecule has 0 radical (unpaired) electrons. The van der Waals surface area contributed by atoms with Crippen molar-refractivity contribution < 1.29 is 14.4 Å². The van der Waals surface area contributed by atoms with Gasteiger partial charge in [0, 0.05) is 12.8 Å². The third-order valence-corrected chi connectivity index (χ3v) is 2.69. The first kappa shape index (κ1) is 14.1. The minimum absolute atomic E-state index is 0.0901. The molecule has 9 heteroatoms. The fourth-order valence-electron chi connectivity index (χ4n) is 1.81. The van der Waals surface area contributed by atoms with Crippen LogP contribution in [0.25, 0.3) is 0 Å². The van der Waals surface area contributed by atoms with Crippen LogP contribution in [0, 0.1) is 0 Å². The van der Waals surface area contributed by atoms with Crippen molar-refractivity contribution in [2.45, 2.75) is 32.7 Å². The van der Waals surface area contributed by atoms with Gasteiger partial charge >= 0.3 is 5.97 Å². The van der Waals surface area contributed by atoms with Crippen molar-refractivity contribution in [3.8, 4) is 0 Å². The Morgan fingerprint density at radius 3 is 2.90 bits per heavy atom. The molecule has 0 amide bonds. The van der Waals surface area contributed by atoms with Gasteiger partial charge in [-0.15, -0.1) is 5.10 Å². The smallest absolute Gasteiger partial charge is 0.358 e. The lowest BCUT2D eigenvalue weighted by Crippen LogP contribution is -2.14. The van der Waals surface area contributed by atoms with Gasteiger partial charge in [0.1, 0.15) is 6.54 Å². The molecule has 0 saturated heterocycles. The summed E-state index contributed by atoms with van der Waals surface area (Å²) in [5, 5.41) is 20.3. The Kier molecular flexibility index (Phi) is 4.41. The summed E-state index contributed by atoms with van der Waals surface area (Å²) in [4.78, 5) is 15.3. The maximum absolute atomic E-state index is 11.0. The number of aromatic carboxylic acids is 1. The van der Waals surface area contributed by atoms with Crippen LogP contribution in [0.5, 0.6) is 0 Å². The molecule has 0 aliphatic heterocycles. The maximum atomic E-state index is 11.0. The Morgan fingerprint density at radius 2 is 2.25 bits per heavy atom. The molecule has 0 aliphatic carbocycles. The fraction of sp³-hybridized carbons (Fsp3) is 0.545. The molecule has 0 aromatic carbocycles. The summed E-state index contributed by atoms with van der Waals surface area (Å²) in [6.45, 7) is 2.53. The molecule has 0 fully saturated rings. The van der Waals surface area contributed by atoms with Crippen LogP contribution in [0.15, 0.2) is 4.52 Å². The van der Waals surface area contributed by atoms with Crippen molar-refractivity contribution in [3.63, 3.8) is 0 Å². The van der Waals surface area contributed by atoms with Crippen LogP contribution in [0.1, 0.15) is 41.2 Å². The average molecular weight is 280 g/mol. The first-order valence-corrected chi connectivity index (χ1v) is 6.32. The van der Waals surface area contributed by atoms with Gasteiger partial charge in [-0.3, -0.25) is 0 Å². The van der Waals surface area contributed by atoms with E-state index in [1.54, 1.807) is 0 Å². The zero-order valence-corrected chi connectivity index (χ0v) is 11.1. The summed E-state index contributed by atoms with van der Waals surface area (Å²) < 4.78 is 6.51. The number of aryl methyl sites for hydroxylation is 1. The van der Waals surface area contributed by atoms with Crippen molar-refractivity contribution >= 4 is 5.97 Å². The van der Waals surface area contributed by atoms with Gasteiger partial charge in [-0.25, -0.2) is 9.48 Å². The number of carbonyl (C=O) groups is 1. The van der Waals surface area contributed by atoms with Gasteiger partial charge in [0.15, 0.2) is 11.5 Å². The average Bonchev–Trinajstić information content (AvgIpc) is 2.99. The van der Waals surface area contributed by atoms with E-state index < -0.39 is 5.97 Å². The lowest BCUT2D eigenvalue weighted by molar-refractivity contribution is 0.0689. The number of carboxylic acid groups (broad SMARTS) is 1. The van der Waals surface area contributed by atoms with Crippen molar-refractivity contribution in [3.05, 3.63) is 23.1 Å². The molecule has 0 atom stereocenters. The molecule has 20 heavy (non-hydrogen) atoms. The standard InChI is InChI=1S/C11H16N6O3/c1-2-3-9-13-8(15-20-9)6-17-7(4-5-12)10(11(18)19)14-16-17/h2-6,12H2,1H3,(H,18,19). The molecule has 2 heterocycles. The van der Waals surface area contributed by atoms with E-state index in [-0.39, 0.29) is 12.2 Å². The minimum Gasteiger partial charge on any atom is -0.476 e. The monoisotopic (exact) mass is 280 g/mol. The molecular weight excluding hydrogens is 264 g/mol. The highest BCUT2D eigenvalue weighted by Crippen LogP contribution is 2.09. The molecule has 2 aromatic heterocycles. The molecule has 0 unspecified atom stereocenters. The van der Waals surface area contributed by atoms with Crippen molar-refractivity contribution in [2.24, 2.45) is 5.73 Å². The topological polar surface area (TPSA) is 133 Å². The van der Waals surface area contributed by atoms with Gasteiger partial charge in [0.2, 0.25) is 5.89 Å². The van der Waals surface area contributed by atoms with E-state index in [2.05, 4.69) is 20.5 Å². The second-order valence-electron chi connectivity index (χ2n) is 4.24. The van der Waals surface area contributed by atoms with Gasteiger partial charge in [-0.05, 0) is 13.0 Å². The summed E-state index contributed by atoms with van der Waals surface area (Å²) in [6, 6.07) is 0. The Hall–Kier alpha value is -2.29. The minimum atomic E-state index is -1.13. The van der Waals surface area contributed by atoms with E-state index >= 15 is 0 Å². The quantitative estimate of drug-likeness (QED) is 0.716. The lowest BCUT2D eigenvalue weighted by atomic mass is 10.2. The van der Waals surface area contributed by atoms with E-state index in [9.17, 15) is 4.79 Å². The lowest BCUT2D eigenvalue weighted by Gasteiger charge is -2.02. The molecule has 0 aliphatic rings. The predicted molar refractivity (Wildman–Crippen MR) is 67.1 cm³/mol. The van der Waals surface area contributed by atoms with Gasteiger partial charge in [0.25, 0.3) is 0 Å². The molecule has 0 spiro atoms. The van der Waals surface area contributed by atoms with Crippen molar-refractivity contribution in [1.82, 2.24) is 25.1 Å². The van der Waals surface area contributed by atoms with E-state index in [1.807, 2.05) is 6.92 Å². The third-order valence-electron chi connectivity index (χ3n) is 2.69. The van der Waals surface area contributed by atoms with Gasteiger partial charge < -0.3 is 15.4 Å². The van der Waals surface area contributed by atoms with E-state index in [0.717, 1.165) is 6.42 Å². The third kappa shape index (κ3) is 2.99. The number of nitrogens with two attached hydrogens (primary N) is 1. The van der Waals surface area contributed by atoms with Crippen molar-refractivity contribution in [2.75, 3.05) is 6.54 Å². The number of hydrogen-bond donors (Lipinski definition) is 2. The van der Waals surface area contributed by atoms with Crippen molar-refractivity contribution in [1.29, 1.82) is 0 Å². The van der Waals surface area contributed by atoms with Crippen LogP contribution in [0.4, 0.5) is 0 Å². The second kappa shape index (κ2) is 6.24. The normalized spacial score (nSPS) is 10.9. The van der Waals surface area contributed by atoms with E-state index in [0.29, 0.717) is 36.8 Å². The first-order chi connectivity index (χ1) is 9.65. The Labute approximate surface area is 114 Å². The molecule has 3 N–H and O–H groups in total. The summed E-state index contributed by atoms with van der Waals surface area (Å²) in [5.41, 5.74) is 5.85. The highest BCUT2D eigenvalue weighted by Gasteiger charge is 2.19. The molecule has 0 saturated carbocycles. The Balaban J connectivity index is 2.21. The summed E-state index contributed by atoms with van der Waals surface area (Å²) in [6.07, 6.45) is 1.99. The van der Waals surface area contributed by atoms with Crippen LogP contribution >= 0.6 is 0 Å². The van der Waals surface area contributed by atoms with E-state index in [1.165, 1.54) is 4.68 Å². The summed E-state index contributed by atoms with van der Waals surface area (Å²) in [5.74, 6) is -0.130. The number of hydrogen-bond acceptors (Lipinski definition) is 7. The van der Waals surface area contributed by atoms with Crippen LogP contribution in [-0.2, 0) is 19.4 Å².